The highest BCUT2D eigenvalue weighted by atomic mass is 32.2. The molecule has 3 aromatic rings. The first-order valence-electron chi connectivity index (χ1n) is 10.5. The van der Waals surface area contributed by atoms with Crippen molar-refractivity contribution in [3.8, 4) is 0 Å². The van der Waals surface area contributed by atoms with Gasteiger partial charge in [0.15, 0.2) is 0 Å². The van der Waals surface area contributed by atoms with E-state index in [1.54, 1.807) is 17.0 Å². The molecule has 2 aromatic carbocycles. The summed E-state index contributed by atoms with van der Waals surface area (Å²) < 4.78 is 43.6. The maximum Gasteiger partial charge on any atom is 0.252 e. The Morgan fingerprint density at radius 3 is 2.47 bits per heavy atom. The van der Waals surface area contributed by atoms with Gasteiger partial charge in [-0.15, -0.1) is 0 Å². The lowest BCUT2D eigenvalue weighted by molar-refractivity contribution is 0.0941. The predicted molar refractivity (Wildman–Crippen MR) is 118 cm³/mol. The summed E-state index contributed by atoms with van der Waals surface area (Å²) in [6.07, 6.45) is 5.84. The van der Waals surface area contributed by atoms with Crippen LogP contribution in [0.3, 0.4) is 0 Å². The van der Waals surface area contributed by atoms with E-state index in [2.05, 4.69) is 10.3 Å². The van der Waals surface area contributed by atoms with Crippen LogP contribution in [0.25, 0.3) is 0 Å². The molecule has 7 nitrogen and oxygen atoms in total. The van der Waals surface area contributed by atoms with Crippen molar-refractivity contribution in [3.05, 3.63) is 83.7 Å². The van der Waals surface area contributed by atoms with Crippen LogP contribution in [-0.4, -0.2) is 41.3 Å². The number of carbonyl (C=O) groups is 1. The van der Waals surface area contributed by atoms with Crippen molar-refractivity contribution in [2.45, 2.75) is 30.2 Å². The number of imidazole rings is 1. The molecule has 1 aromatic heterocycles. The first kappa shape index (κ1) is 22.2. The highest BCUT2D eigenvalue weighted by Crippen LogP contribution is 2.25. The number of hydrogen-bond acceptors (Lipinski definition) is 4. The molecule has 1 atom stereocenters. The van der Waals surface area contributed by atoms with Crippen LogP contribution in [0.5, 0.6) is 0 Å². The molecule has 0 aliphatic carbocycles. The van der Waals surface area contributed by atoms with E-state index in [1.165, 1.54) is 10.4 Å². The summed E-state index contributed by atoms with van der Waals surface area (Å²) in [7, 11) is -2.19. The maximum atomic E-state index is 14.5. The molecule has 1 N–H and O–H groups in total. The number of hydrogen-bond donors (Lipinski definition) is 1. The van der Waals surface area contributed by atoms with E-state index in [1.807, 2.05) is 37.4 Å². The Morgan fingerprint density at radius 2 is 1.81 bits per heavy atom. The van der Waals surface area contributed by atoms with Gasteiger partial charge in [0.05, 0.1) is 0 Å². The lowest BCUT2D eigenvalue weighted by Crippen LogP contribution is -2.36. The molecule has 0 radical (unpaired) electrons. The van der Waals surface area contributed by atoms with Gasteiger partial charge in [0, 0.05) is 38.1 Å². The van der Waals surface area contributed by atoms with Gasteiger partial charge in [0.25, 0.3) is 5.91 Å². The van der Waals surface area contributed by atoms with Gasteiger partial charge in [-0.05, 0) is 36.6 Å². The molecular weight excluding hydrogens is 431 g/mol. The molecule has 4 rings (SSSR count). The number of sulfonamides is 1. The maximum absolute atomic E-state index is 14.5. The van der Waals surface area contributed by atoms with Crippen molar-refractivity contribution < 1.29 is 17.6 Å². The minimum atomic E-state index is -4.02. The van der Waals surface area contributed by atoms with Crippen LogP contribution >= 0.6 is 0 Å². The fourth-order valence-corrected chi connectivity index (χ4v) is 5.51. The van der Waals surface area contributed by atoms with Crippen molar-refractivity contribution in [3.63, 3.8) is 0 Å². The van der Waals surface area contributed by atoms with Crippen LogP contribution in [0.1, 0.15) is 47.1 Å². The van der Waals surface area contributed by atoms with Gasteiger partial charge < -0.3 is 9.88 Å². The molecule has 1 amide bonds. The van der Waals surface area contributed by atoms with E-state index < -0.39 is 32.7 Å². The van der Waals surface area contributed by atoms with Crippen LogP contribution in [-0.2, 0) is 17.1 Å². The lowest BCUT2D eigenvalue weighted by atomic mass is 10.1. The molecule has 168 valence electrons. The number of aromatic nitrogens is 2. The van der Waals surface area contributed by atoms with Gasteiger partial charge in [0.1, 0.15) is 22.6 Å². The number of halogens is 1. The van der Waals surface area contributed by atoms with Crippen molar-refractivity contribution in [2.24, 2.45) is 7.05 Å². The van der Waals surface area contributed by atoms with E-state index in [9.17, 15) is 17.6 Å². The highest BCUT2D eigenvalue weighted by molar-refractivity contribution is 7.89. The van der Waals surface area contributed by atoms with E-state index in [0.29, 0.717) is 18.9 Å². The summed E-state index contributed by atoms with van der Waals surface area (Å²) in [5, 5.41) is 2.92. The summed E-state index contributed by atoms with van der Waals surface area (Å²) in [6.45, 7) is 0.709. The fraction of sp³-hybridized carbons (Fsp3) is 0.304. The number of nitrogens with one attached hydrogen (secondary N) is 1. The fourth-order valence-electron chi connectivity index (χ4n) is 3.90. The predicted octanol–water partition coefficient (Wildman–Crippen LogP) is 3.25. The minimum absolute atomic E-state index is 0.0668. The van der Waals surface area contributed by atoms with Crippen LogP contribution in [0.2, 0.25) is 0 Å². The molecule has 0 spiro atoms. The molecule has 0 bridgehead atoms. The Hall–Kier alpha value is -3.04. The number of amides is 1. The molecule has 32 heavy (non-hydrogen) atoms. The van der Waals surface area contributed by atoms with Gasteiger partial charge in [-0.25, -0.2) is 17.8 Å². The first-order chi connectivity index (χ1) is 15.4. The standard InChI is InChI=1S/C23H25FN4O3S/c1-27-15-12-25-22(27)21(17-8-4-2-5-9-17)26-23(29)18-10-11-19(24)20(16-18)32(30,31)28-13-6-3-7-14-28/h2,4-5,8-12,15-16,21H,3,6-7,13-14H2,1H3,(H,26,29)/t21-/m0/s1. The summed E-state index contributed by atoms with van der Waals surface area (Å²) in [4.78, 5) is 17.0. The second-order valence-electron chi connectivity index (χ2n) is 7.82. The lowest BCUT2D eigenvalue weighted by Gasteiger charge is -2.26. The van der Waals surface area contributed by atoms with E-state index in [-0.39, 0.29) is 5.56 Å². The third kappa shape index (κ3) is 4.44. The van der Waals surface area contributed by atoms with Gasteiger partial charge in [0.2, 0.25) is 10.0 Å². The Labute approximate surface area is 186 Å². The minimum Gasteiger partial charge on any atom is -0.338 e. The monoisotopic (exact) mass is 456 g/mol. The Kier molecular flexibility index (Phi) is 6.38. The SMILES string of the molecule is Cn1ccnc1[C@@H](NC(=O)c1ccc(F)c(S(=O)(=O)N2CCCCC2)c1)c1ccccc1. The average molecular weight is 457 g/mol. The molecule has 0 unspecified atom stereocenters. The van der Waals surface area contributed by atoms with Crippen LogP contribution in [0.4, 0.5) is 4.39 Å². The van der Waals surface area contributed by atoms with Crippen molar-refractivity contribution in [2.75, 3.05) is 13.1 Å². The number of carbonyl (C=O) groups excluding carboxylic acids is 1. The van der Waals surface area contributed by atoms with Crippen LogP contribution < -0.4 is 5.32 Å². The molecule has 0 saturated carbocycles. The summed E-state index contributed by atoms with van der Waals surface area (Å²) in [5.74, 6) is -0.763. The zero-order valence-electron chi connectivity index (χ0n) is 17.7. The number of aryl methyl sites for hydroxylation is 1. The topological polar surface area (TPSA) is 84.3 Å². The third-order valence-electron chi connectivity index (χ3n) is 5.65. The molecule has 2 heterocycles. The second-order valence-corrected chi connectivity index (χ2v) is 9.73. The zero-order chi connectivity index (χ0) is 22.7. The van der Waals surface area contributed by atoms with Crippen LogP contribution in [0.15, 0.2) is 65.8 Å². The first-order valence-corrected chi connectivity index (χ1v) is 11.9. The van der Waals surface area contributed by atoms with Crippen molar-refractivity contribution in [1.82, 2.24) is 19.2 Å². The van der Waals surface area contributed by atoms with Gasteiger partial charge in [-0.3, -0.25) is 4.79 Å². The number of benzene rings is 2. The quantitative estimate of drug-likeness (QED) is 0.617. The molecule has 1 aliphatic rings. The van der Waals surface area contributed by atoms with Crippen molar-refractivity contribution in [1.29, 1.82) is 0 Å². The number of nitrogens with zero attached hydrogens (tertiary/aromatic N) is 3. The average Bonchev–Trinajstić information content (AvgIpc) is 3.24. The van der Waals surface area contributed by atoms with Crippen molar-refractivity contribution >= 4 is 15.9 Å². The third-order valence-corrected chi connectivity index (χ3v) is 7.56. The molecule has 1 aliphatic heterocycles. The van der Waals surface area contributed by atoms with E-state index >= 15 is 0 Å². The number of piperidine rings is 1. The Morgan fingerprint density at radius 1 is 1.09 bits per heavy atom. The zero-order valence-corrected chi connectivity index (χ0v) is 18.6. The molecule has 1 fully saturated rings. The smallest absolute Gasteiger partial charge is 0.252 e. The Balaban J connectivity index is 1.65. The van der Waals surface area contributed by atoms with E-state index in [0.717, 1.165) is 37.0 Å². The molecular formula is C23H25FN4O3S. The van der Waals surface area contributed by atoms with Gasteiger partial charge in [-0.1, -0.05) is 36.8 Å². The second kappa shape index (κ2) is 9.22. The number of rotatable bonds is 6. The van der Waals surface area contributed by atoms with E-state index in [4.69, 9.17) is 0 Å². The summed E-state index contributed by atoms with van der Waals surface area (Å²) in [5.41, 5.74) is 0.885. The molecule has 9 heteroatoms. The largest absolute Gasteiger partial charge is 0.338 e. The summed E-state index contributed by atoms with van der Waals surface area (Å²) >= 11 is 0. The van der Waals surface area contributed by atoms with Gasteiger partial charge >= 0.3 is 0 Å². The van der Waals surface area contributed by atoms with Crippen LogP contribution in [0, 0.1) is 5.82 Å². The summed E-state index contributed by atoms with van der Waals surface area (Å²) in [6, 6.07) is 12.2. The van der Waals surface area contributed by atoms with Gasteiger partial charge in [-0.2, -0.15) is 4.31 Å². The normalized spacial score (nSPS) is 15.9. The highest BCUT2D eigenvalue weighted by Gasteiger charge is 2.30. The Bertz CT molecular complexity index is 1200. The molecule has 1 saturated heterocycles.